The molecule has 2 heterocycles. The number of amides is 1. The van der Waals surface area contributed by atoms with Crippen LogP contribution in [0.5, 0.6) is 0 Å². The highest BCUT2D eigenvalue weighted by molar-refractivity contribution is 6.09. The summed E-state index contributed by atoms with van der Waals surface area (Å²) >= 11 is 0. The van der Waals surface area contributed by atoms with Crippen LogP contribution in [0.15, 0.2) is 34.3 Å². The molecule has 9 nitrogen and oxygen atoms in total. The molecule has 3 atom stereocenters. The highest BCUT2D eigenvalue weighted by Crippen LogP contribution is 2.23. The molecule has 180 valence electrons. The summed E-state index contributed by atoms with van der Waals surface area (Å²) in [4.78, 5) is 34.4. The third kappa shape index (κ3) is 7.20. The van der Waals surface area contributed by atoms with E-state index in [0.717, 1.165) is 56.7 Å². The number of aliphatic imine (C=N–C) groups is 2. The number of nitrogens with one attached hydrogen (secondary N) is 2. The van der Waals surface area contributed by atoms with E-state index in [9.17, 15) is 9.59 Å². The number of hydrogen-bond acceptors (Lipinski definition) is 7. The van der Waals surface area contributed by atoms with Crippen molar-refractivity contribution in [3.63, 3.8) is 0 Å². The third-order valence-electron chi connectivity index (χ3n) is 6.17. The van der Waals surface area contributed by atoms with Gasteiger partial charge in [0.2, 0.25) is 11.9 Å². The Kier molecular flexibility index (Phi) is 8.68. The van der Waals surface area contributed by atoms with Gasteiger partial charge in [-0.1, -0.05) is 6.92 Å². The molecule has 0 bridgehead atoms. The molecule has 3 rings (SSSR count). The molecule has 3 unspecified atom stereocenters. The Morgan fingerprint density at radius 2 is 1.85 bits per heavy atom. The quantitative estimate of drug-likeness (QED) is 0.400. The summed E-state index contributed by atoms with van der Waals surface area (Å²) in [5, 5.41) is 15.6. The lowest BCUT2D eigenvalue weighted by molar-refractivity contribution is -0.138. The van der Waals surface area contributed by atoms with Gasteiger partial charge in [-0.3, -0.25) is 9.59 Å². The molecule has 1 saturated heterocycles. The number of guanidine groups is 1. The summed E-state index contributed by atoms with van der Waals surface area (Å²) in [6.07, 6.45) is 4.96. The molecule has 0 spiro atoms. The lowest BCUT2D eigenvalue weighted by atomic mass is 9.98. The first-order valence-electron chi connectivity index (χ1n) is 11.8. The number of benzene rings is 1. The first-order valence-corrected chi connectivity index (χ1v) is 11.8. The highest BCUT2D eigenvalue weighted by Gasteiger charge is 2.34. The summed E-state index contributed by atoms with van der Waals surface area (Å²) < 4.78 is 0. The van der Waals surface area contributed by atoms with Gasteiger partial charge in [-0.2, -0.15) is 0 Å². The molecule has 1 amide bonds. The van der Waals surface area contributed by atoms with E-state index < -0.39 is 24.0 Å². The zero-order valence-electron chi connectivity index (χ0n) is 19.6. The van der Waals surface area contributed by atoms with Gasteiger partial charge in [0.25, 0.3) is 0 Å². The number of rotatable bonds is 10. The van der Waals surface area contributed by atoms with E-state index in [1.807, 2.05) is 38.1 Å². The first kappa shape index (κ1) is 24.5. The van der Waals surface area contributed by atoms with Crippen molar-refractivity contribution in [2.24, 2.45) is 27.6 Å². The zero-order valence-corrected chi connectivity index (χ0v) is 19.6. The van der Waals surface area contributed by atoms with Crippen LogP contribution in [-0.4, -0.2) is 59.4 Å². The fraction of sp³-hybridized carbons (Fsp3) is 0.583. The van der Waals surface area contributed by atoms with Crippen molar-refractivity contribution >= 4 is 34.9 Å². The van der Waals surface area contributed by atoms with Crippen molar-refractivity contribution in [3.05, 3.63) is 24.3 Å². The number of aliphatic carboxylic acids is 1. The van der Waals surface area contributed by atoms with Gasteiger partial charge in [-0.05, 0) is 69.2 Å². The molecule has 2 aliphatic rings. The van der Waals surface area contributed by atoms with E-state index in [2.05, 4.69) is 20.5 Å². The largest absolute Gasteiger partial charge is 0.481 e. The van der Waals surface area contributed by atoms with Crippen LogP contribution in [0.2, 0.25) is 0 Å². The number of hydrogen-bond donors (Lipinski definition) is 4. The molecule has 2 aliphatic heterocycles. The second-order valence-corrected chi connectivity index (χ2v) is 9.05. The SMILES string of the molecule is CC1=NC(N2CCCCC2)=NC(Nc2ccc(NCCCC(C)CC(=O)O)cc2)C1C(N)=O. The Bertz CT molecular complexity index is 877. The molecule has 1 fully saturated rings. The average molecular weight is 457 g/mol. The summed E-state index contributed by atoms with van der Waals surface area (Å²) in [5.41, 5.74) is 8.20. The minimum Gasteiger partial charge on any atom is -0.481 e. The second kappa shape index (κ2) is 11.7. The number of likely N-dealkylation sites (tertiary alicyclic amines) is 1. The Labute approximate surface area is 195 Å². The van der Waals surface area contributed by atoms with Crippen molar-refractivity contribution in [2.75, 3.05) is 30.3 Å². The van der Waals surface area contributed by atoms with Crippen molar-refractivity contribution in [1.82, 2.24) is 4.90 Å². The Morgan fingerprint density at radius 1 is 1.18 bits per heavy atom. The van der Waals surface area contributed by atoms with Crippen LogP contribution in [0.25, 0.3) is 0 Å². The third-order valence-corrected chi connectivity index (χ3v) is 6.17. The van der Waals surface area contributed by atoms with Gasteiger partial charge in [-0.15, -0.1) is 0 Å². The molecular weight excluding hydrogens is 420 g/mol. The van der Waals surface area contributed by atoms with Gasteiger partial charge in [0.05, 0.1) is 0 Å². The van der Waals surface area contributed by atoms with Gasteiger partial charge in [-0.25, -0.2) is 9.98 Å². The number of primary amides is 1. The van der Waals surface area contributed by atoms with Gasteiger partial charge in [0.15, 0.2) is 0 Å². The minimum atomic E-state index is -0.746. The average Bonchev–Trinajstić information content (AvgIpc) is 2.77. The maximum absolute atomic E-state index is 12.1. The van der Waals surface area contributed by atoms with Gasteiger partial charge < -0.3 is 26.4 Å². The molecule has 5 N–H and O–H groups in total. The minimum absolute atomic E-state index is 0.173. The first-order chi connectivity index (χ1) is 15.8. The molecule has 0 radical (unpaired) electrons. The predicted molar refractivity (Wildman–Crippen MR) is 132 cm³/mol. The highest BCUT2D eigenvalue weighted by atomic mass is 16.4. The number of nitrogens with zero attached hydrogens (tertiary/aromatic N) is 3. The van der Waals surface area contributed by atoms with Crippen molar-refractivity contribution in [1.29, 1.82) is 0 Å². The van der Waals surface area contributed by atoms with E-state index in [-0.39, 0.29) is 12.3 Å². The second-order valence-electron chi connectivity index (χ2n) is 9.05. The molecule has 0 aromatic heterocycles. The standard InChI is InChI=1S/C24H36N6O3/c1-16(15-20(31)32)7-6-12-26-18-8-10-19(11-9-18)28-23-21(22(25)33)17(2)27-24(29-23)30-13-4-3-5-14-30/h8-11,16,21,23,26,28H,3-7,12-15H2,1-2H3,(H2,25,33)(H,31,32). The number of carboxylic acids is 1. The molecule has 33 heavy (non-hydrogen) atoms. The van der Waals surface area contributed by atoms with Crippen molar-refractivity contribution < 1.29 is 14.7 Å². The Balaban J connectivity index is 1.58. The van der Waals surface area contributed by atoms with Crippen LogP contribution < -0.4 is 16.4 Å². The van der Waals surface area contributed by atoms with Crippen molar-refractivity contribution in [2.45, 2.75) is 58.5 Å². The fourth-order valence-corrected chi connectivity index (χ4v) is 4.35. The van der Waals surface area contributed by atoms with E-state index >= 15 is 0 Å². The number of piperidine rings is 1. The molecule has 1 aromatic carbocycles. The van der Waals surface area contributed by atoms with Gasteiger partial charge >= 0.3 is 5.97 Å². The van der Waals surface area contributed by atoms with Crippen LogP contribution in [0.4, 0.5) is 11.4 Å². The fourth-order valence-electron chi connectivity index (χ4n) is 4.35. The van der Waals surface area contributed by atoms with Crippen LogP contribution in [-0.2, 0) is 9.59 Å². The summed E-state index contributed by atoms with van der Waals surface area (Å²) in [6.45, 7) is 6.44. The smallest absolute Gasteiger partial charge is 0.303 e. The van der Waals surface area contributed by atoms with Gasteiger partial charge in [0, 0.05) is 43.1 Å². The van der Waals surface area contributed by atoms with E-state index in [0.29, 0.717) is 11.7 Å². The number of carbonyl (C=O) groups excluding carboxylic acids is 1. The Morgan fingerprint density at radius 3 is 2.48 bits per heavy atom. The maximum atomic E-state index is 12.1. The zero-order chi connectivity index (χ0) is 23.8. The van der Waals surface area contributed by atoms with E-state index in [1.165, 1.54) is 6.42 Å². The summed E-state index contributed by atoms with van der Waals surface area (Å²) in [6, 6.07) is 7.85. The topological polar surface area (TPSA) is 132 Å². The van der Waals surface area contributed by atoms with Gasteiger partial charge in [0.1, 0.15) is 12.1 Å². The normalized spacial score (nSPS) is 21.6. The number of anilines is 2. The monoisotopic (exact) mass is 456 g/mol. The van der Waals surface area contributed by atoms with Crippen LogP contribution in [0.1, 0.15) is 52.4 Å². The maximum Gasteiger partial charge on any atom is 0.303 e. The van der Waals surface area contributed by atoms with E-state index in [1.54, 1.807) is 0 Å². The number of carboxylic acid groups (broad SMARTS) is 1. The molecule has 0 saturated carbocycles. The molecule has 0 aliphatic carbocycles. The molecular formula is C24H36N6O3. The number of carbonyl (C=O) groups is 2. The molecule has 1 aromatic rings. The summed E-state index contributed by atoms with van der Waals surface area (Å²) in [5.74, 6) is -0.928. The summed E-state index contributed by atoms with van der Waals surface area (Å²) in [7, 11) is 0. The van der Waals surface area contributed by atoms with Crippen LogP contribution >= 0.6 is 0 Å². The lowest BCUT2D eigenvalue weighted by Gasteiger charge is -2.33. The van der Waals surface area contributed by atoms with Crippen molar-refractivity contribution in [3.8, 4) is 0 Å². The van der Waals surface area contributed by atoms with Crippen LogP contribution in [0, 0.1) is 11.8 Å². The van der Waals surface area contributed by atoms with E-state index in [4.69, 9.17) is 15.8 Å². The van der Waals surface area contributed by atoms with Crippen LogP contribution in [0.3, 0.4) is 0 Å². The lowest BCUT2D eigenvalue weighted by Crippen LogP contribution is -2.47. The molecule has 9 heteroatoms. The predicted octanol–water partition coefficient (Wildman–Crippen LogP) is 3.15. The Hall–Kier alpha value is -3.10. The number of nitrogens with two attached hydrogens (primary N) is 1.